The minimum Gasteiger partial charge on any atom is -0.486 e. The van der Waals surface area contributed by atoms with Crippen LogP contribution in [0.1, 0.15) is 46.1 Å². The molecule has 5 rings (SSSR count). The van der Waals surface area contributed by atoms with Gasteiger partial charge >= 0.3 is 0 Å². The molecule has 0 unspecified atom stereocenters. The van der Waals surface area contributed by atoms with Crippen LogP contribution in [0, 0.1) is 6.92 Å². The summed E-state index contributed by atoms with van der Waals surface area (Å²) in [6.07, 6.45) is 3.97. The number of hydrogen-bond acceptors (Lipinski definition) is 5. The number of nitrogens with one attached hydrogen (secondary N) is 1. The number of anilines is 1. The summed E-state index contributed by atoms with van der Waals surface area (Å²) in [6, 6.07) is 18.3. The van der Waals surface area contributed by atoms with E-state index in [1.54, 1.807) is 18.3 Å². The van der Waals surface area contributed by atoms with Gasteiger partial charge in [0.25, 0.3) is 5.91 Å². The van der Waals surface area contributed by atoms with Crippen molar-refractivity contribution in [2.75, 3.05) is 25.1 Å². The molecule has 1 N–H and O–H groups in total. The first-order chi connectivity index (χ1) is 15.7. The predicted octanol–water partition coefficient (Wildman–Crippen LogP) is 4.75. The van der Waals surface area contributed by atoms with Gasteiger partial charge in [0, 0.05) is 35.7 Å². The number of hydrogen-bond donors (Lipinski definition) is 1. The van der Waals surface area contributed by atoms with Gasteiger partial charge in [-0.3, -0.25) is 14.7 Å². The number of aromatic nitrogens is 1. The number of rotatable bonds is 5. The van der Waals surface area contributed by atoms with Gasteiger partial charge in [-0.2, -0.15) is 0 Å². The average molecular weight is 430 g/mol. The van der Waals surface area contributed by atoms with Crippen LogP contribution in [0.25, 0.3) is 0 Å². The molecule has 1 atom stereocenters. The zero-order chi connectivity index (χ0) is 21.9. The lowest BCUT2D eigenvalue weighted by Crippen LogP contribution is -2.23. The number of ether oxygens (including phenoxy) is 2. The first-order valence-electron chi connectivity index (χ1n) is 11.1. The van der Waals surface area contributed by atoms with Crippen molar-refractivity contribution >= 4 is 11.6 Å². The van der Waals surface area contributed by atoms with Gasteiger partial charge in [0.15, 0.2) is 11.5 Å². The van der Waals surface area contributed by atoms with E-state index in [1.165, 1.54) is 17.5 Å². The Morgan fingerprint density at radius 2 is 1.88 bits per heavy atom. The van der Waals surface area contributed by atoms with E-state index in [9.17, 15) is 4.79 Å². The third-order valence-corrected chi connectivity index (χ3v) is 6.07. The van der Waals surface area contributed by atoms with E-state index in [0.29, 0.717) is 24.8 Å². The molecule has 0 radical (unpaired) electrons. The first-order valence-corrected chi connectivity index (χ1v) is 11.1. The smallest absolute Gasteiger partial charge is 0.255 e. The molecule has 164 valence electrons. The van der Waals surface area contributed by atoms with Crippen molar-refractivity contribution in [2.45, 2.75) is 32.4 Å². The lowest BCUT2D eigenvalue weighted by Gasteiger charge is -2.26. The Kier molecular flexibility index (Phi) is 5.77. The van der Waals surface area contributed by atoms with Gasteiger partial charge in [0.1, 0.15) is 13.2 Å². The lowest BCUT2D eigenvalue weighted by atomic mass is 10.0. The maximum atomic E-state index is 12.5. The summed E-state index contributed by atoms with van der Waals surface area (Å²) in [4.78, 5) is 19.1. The molecule has 32 heavy (non-hydrogen) atoms. The molecule has 2 aliphatic rings. The van der Waals surface area contributed by atoms with Gasteiger partial charge in [-0.1, -0.05) is 18.2 Å². The summed E-state index contributed by atoms with van der Waals surface area (Å²) in [6.45, 7) is 5.03. The Balaban J connectivity index is 1.24. The van der Waals surface area contributed by atoms with Crippen LogP contribution in [0.3, 0.4) is 0 Å². The van der Waals surface area contributed by atoms with Gasteiger partial charge in [0.2, 0.25) is 0 Å². The van der Waals surface area contributed by atoms with Crippen molar-refractivity contribution in [2.24, 2.45) is 0 Å². The number of pyridine rings is 1. The van der Waals surface area contributed by atoms with Gasteiger partial charge in [0.05, 0.1) is 0 Å². The number of benzene rings is 2. The highest BCUT2D eigenvalue weighted by Crippen LogP contribution is 2.38. The number of carbonyl (C=O) groups excluding carboxylic acids is 1. The van der Waals surface area contributed by atoms with Crippen LogP contribution >= 0.6 is 0 Å². The number of likely N-dealkylation sites (tertiary alicyclic amines) is 1. The largest absolute Gasteiger partial charge is 0.486 e. The molecule has 3 aromatic rings. The SMILES string of the molecule is Cc1cc(C(=O)Nc2ccc(CN3CCC[C@@H]3c3ccc4c(c3)OCCO4)cc2)ccn1. The monoisotopic (exact) mass is 429 g/mol. The van der Waals surface area contributed by atoms with Gasteiger partial charge in [-0.05, 0) is 73.8 Å². The number of nitrogens with zero attached hydrogens (tertiary/aromatic N) is 2. The van der Waals surface area contributed by atoms with Crippen LogP contribution in [-0.4, -0.2) is 35.5 Å². The Hall–Kier alpha value is -3.38. The van der Waals surface area contributed by atoms with E-state index >= 15 is 0 Å². The predicted molar refractivity (Wildman–Crippen MR) is 123 cm³/mol. The van der Waals surface area contributed by atoms with Crippen molar-refractivity contribution in [3.8, 4) is 11.5 Å². The minimum atomic E-state index is -0.124. The van der Waals surface area contributed by atoms with Gasteiger partial charge in [-0.15, -0.1) is 0 Å². The van der Waals surface area contributed by atoms with Crippen molar-refractivity contribution < 1.29 is 14.3 Å². The summed E-state index contributed by atoms with van der Waals surface area (Å²) in [5.41, 5.74) is 4.74. The fourth-order valence-electron chi connectivity index (χ4n) is 4.48. The quantitative estimate of drug-likeness (QED) is 0.634. The normalized spacial score (nSPS) is 17.8. The summed E-state index contributed by atoms with van der Waals surface area (Å²) in [5, 5.41) is 2.96. The van der Waals surface area contributed by atoms with E-state index < -0.39 is 0 Å². The molecule has 2 aromatic carbocycles. The van der Waals surface area contributed by atoms with Crippen LogP contribution in [0.2, 0.25) is 0 Å². The highest BCUT2D eigenvalue weighted by molar-refractivity contribution is 6.04. The topological polar surface area (TPSA) is 63.7 Å². The van der Waals surface area contributed by atoms with Crippen LogP contribution in [0.5, 0.6) is 11.5 Å². The van der Waals surface area contributed by atoms with Crippen molar-refractivity contribution in [1.29, 1.82) is 0 Å². The van der Waals surface area contributed by atoms with Crippen LogP contribution in [-0.2, 0) is 6.54 Å². The zero-order valence-corrected chi connectivity index (χ0v) is 18.2. The maximum absolute atomic E-state index is 12.5. The van der Waals surface area contributed by atoms with Gasteiger partial charge in [-0.25, -0.2) is 0 Å². The molecule has 1 amide bonds. The summed E-state index contributed by atoms with van der Waals surface area (Å²) in [7, 11) is 0. The van der Waals surface area contributed by atoms with Crippen molar-refractivity contribution in [1.82, 2.24) is 9.88 Å². The van der Waals surface area contributed by atoms with Crippen LogP contribution in [0.4, 0.5) is 5.69 Å². The second-order valence-corrected chi connectivity index (χ2v) is 8.37. The van der Waals surface area contributed by atoms with E-state index in [2.05, 4.69) is 39.5 Å². The molecule has 1 fully saturated rings. The average Bonchev–Trinajstić information content (AvgIpc) is 3.28. The standard InChI is InChI=1S/C26H27N3O3/c1-18-15-21(10-11-27-18)26(30)28-22-7-4-19(5-8-22)17-29-12-2-3-23(29)20-6-9-24-25(16-20)32-14-13-31-24/h4-11,15-16,23H,2-3,12-14,17H2,1H3,(H,28,30)/t23-/m1/s1. The van der Waals surface area contributed by atoms with E-state index in [4.69, 9.17) is 9.47 Å². The number of amides is 1. The van der Waals surface area contributed by atoms with E-state index in [0.717, 1.165) is 42.4 Å². The Labute approximate surface area is 188 Å². The molecule has 0 bridgehead atoms. The summed E-state index contributed by atoms with van der Waals surface area (Å²) >= 11 is 0. The third-order valence-electron chi connectivity index (χ3n) is 6.07. The Bertz CT molecular complexity index is 1110. The lowest BCUT2D eigenvalue weighted by molar-refractivity contribution is 0.102. The zero-order valence-electron chi connectivity index (χ0n) is 18.2. The number of aryl methyl sites for hydroxylation is 1. The highest BCUT2D eigenvalue weighted by Gasteiger charge is 2.27. The minimum absolute atomic E-state index is 0.124. The molecule has 0 aliphatic carbocycles. The highest BCUT2D eigenvalue weighted by atomic mass is 16.6. The third kappa shape index (κ3) is 4.46. The first kappa shape index (κ1) is 20.5. The molecule has 1 aromatic heterocycles. The molecule has 0 saturated carbocycles. The molecular weight excluding hydrogens is 402 g/mol. The molecule has 1 saturated heterocycles. The molecule has 6 heteroatoms. The molecule has 3 heterocycles. The van der Waals surface area contributed by atoms with Crippen molar-refractivity contribution in [3.63, 3.8) is 0 Å². The van der Waals surface area contributed by atoms with Gasteiger partial charge < -0.3 is 14.8 Å². The maximum Gasteiger partial charge on any atom is 0.255 e. The molecular formula is C26H27N3O3. The molecule has 2 aliphatic heterocycles. The second-order valence-electron chi connectivity index (χ2n) is 8.37. The second kappa shape index (κ2) is 9.01. The van der Waals surface area contributed by atoms with E-state index in [-0.39, 0.29) is 5.91 Å². The fourth-order valence-corrected chi connectivity index (χ4v) is 4.48. The summed E-state index contributed by atoms with van der Waals surface area (Å²) in [5.74, 6) is 1.57. The van der Waals surface area contributed by atoms with Crippen molar-refractivity contribution in [3.05, 3.63) is 83.2 Å². The molecule has 0 spiro atoms. The number of fused-ring (bicyclic) bond motifs is 1. The Morgan fingerprint density at radius 3 is 2.69 bits per heavy atom. The number of carbonyl (C=O) groups is 1. The van der Waals surface area contributed by atoms with Crippen LogP contribution < -0.4 is 14.8 Å². The Morgan fingerprint density at radius 1 is 1.06 bits per heavy atom. The van der Waals surface area contributed by atoms with E-state index in [1.807, 2.05) is 25.1 Å². The molecule has 6 nitrogen and oxygen atoms in total. The summed E-state index contributed by atoms with van der Waals surface area (Å²) < 4.78 is 11.4. The van der Waals surface area contributed by atoms with Crippen LogP contribution in [0.15, 0.2) is 60.8 Å². The fraction of sp³-hybridized carbons (Fsp3) is 0.308.